The minimum absolute atomic E-state index is 0.0607. The third-order valence-corrected chi connectivity index (χ3v) is 7.51. The number of ether oxygens (including phenoxy) is 1. The highest BCUT2D eigenvalue weighted by Crippen LogP contribution is 2.32. The van der Waals surface area contributed by atoms with Crippen LogP contribution in [0.1, 0.15) is 37.3 Å². The number of nitrogens with one attached hydrogen (secondary N) is 1. The predicted molar refractivity (Wildman–Crippen MR) is 118 cm³/mol. The quantitative estimate of drug-likeness (QED) is 0.656. The molecule has 2 aromatic carbocycles. The topological polar surface area (TPSA) is 75.7 Å². The molecule has 0 bridgehead atoms. The van der Waals surface area contributed by atoms with Crippen LogP contribution in [0.2, 0.25) is 0 Å². The van der Waals surface area contributed by atoms with Gasteiger partial charge in [-0.15, -0.1) is 0 Å². The highest BCUT2D eigenvalue weighted by molar-refractivity contribution is 7.92. The summed E-state index contributed by atoms with van der Waals surface area (Å²) in [6, 6.07) is 12.2. The lowest BCUT2D eigenvalue weighted by molar-refractivity contribution is -0.121. The summed E-state index contributed by atoms with van der Waals surface area (Å²) in [6.07, 6.45) is 2.37. The van der Waals surface area contributed by atoms with E-state index in [1.165, 1.54) is 4.31 Å². The van der Waals surface area contributed by atoms with Crippen LogP contribution >= 0.6 is 0 Å². The summed E-state index contributed by atoms with van der Waals surface area (Å²) in [5, 5.41) is 3.00. The molecule has 6 nitrogen and oxygen atoms in total. The molecule has 0 spiro atoms. The van der Waals surface area contributed by atoms with Gasteiger partial charge in [0.1, 0.15) is 5.75 Å². The monoisotopic (exact) mass is 430 g/mol. The average Bonchev–Trinajstić information content (AvgIpc) is 3.53. The molecule has 1 aliphatic rings. The Kier molecular flexibility index (Phi) is 6.71. The highest BCUT2D eigenvalue weighted by atomic mass is 32.2. The van der Waals surface area contributed by atoms with E-state index in [-0.39, 0.29) is 29.8 Å². The van der Waals surface area contributed by atoms with Gasteiger partial charge < -0.3 is 10.1 Å². The van der Waals surface area contributed by atoms with Gasteiger partial charge in [-0.05, 0) is 75.4 Å². The Bertz CT molecular complexity index is 998. The first-order valence-electron chi connectivity index (χ1n) is 10.3. The molecule has 1 atom stereocenters. The second-order valence-corrected chi connectivity index (χ2v) is 9.82. The number of rotatable bonds is 9. The molecule has 0 aromatic heterocycles. The first-order chi connectivity index (χ1) is 14.2. The molecule has 162 valence electrons. The number of carbonyl (C=O) groups is 1. The maximum atomic E-state index is 13.5. The van der Waals surface area contributed by atoms with E-state index in [1.807, 2.05) is 19.9 Å². The van der Waals surface area contributed by atoms with Crippen LogP contribution in [-0.4, -0.2) is 34.0 Å². The van der Waals surface area contributed by atoms with E-state index in [0.717, 1.165) is 18.4 Å². The molecular weight excluding hydrogens is 400 g/mol. The summed E-state index contributed by atoms with van der Waals surface area (Å²) < 4.78 is 33.6. The molecule has 1 amide bonds. The van der Waals surface area contributed by atoms with E-state index in [2.05, 4.69) is 5.32 Å². The van der Waals surface area contributed by atoms with Crippen LogP contribution < -0.4 is 14.4 Å². The van der Waals surface area contributed by atoms with E-state index in [4.69, 9.17) is 4.74 Å². The lowest BCUT2D eigenvalue weighted by Crippen LogP contribution is -2.38. The Hall–Kier alpha value is -2.54. The van der Waals surface area contributed by atoms with Gasteiger partial charge in [0.2, 0.25) is 5.91 Å². The second kappa shape index (κ2) is 9.08. The van der Waals surface area contributed by atoms with Crippen molar-refractivity contribution in [2.45, 2.75) is 51.0 Å². The minimum atomic E-state index is -3.84. The van der Waals surface area contributed by atoms with Crippen LogP contribution in [0.3, 0.4) is 0 Å². The number of benzene rings is 2. The summed E-state index contributed by atoms with van der Waals surface area (Å²) >= 11 is 0. The number of carbonyl (C=O) groups excluding carboxylic acids is 1. The summed E-state index contributed by atoms with van der Waals surface area (Å²) in [6.45, 7) is 5.78. The Morgan fingerprint density at radius 3 is 2.40 bits per heavy atom. The van der Waals surface area contributed by atoms with E-state index in [9.17, 15) is 13.2 Å². The second-order valence-electron chi connectivity index (χ2n) is 7.99. The van der Waals surface area contributed by atoms with E-state index in [0.29, 0.717) is 22.9 Å². The van der Waals surface area contributed by atoms with Crippen molar-refractivity contribution in [1.29, 1.82) is 0 Å². The third-order valence-electron chi connectivity index (χ3n) is 5.52. The molecule has 2 aromatic rings. The molecule has 0 aliphatic heterocycles. The lowest BCUT2D eigenvalue weighted by Gasteiger charge is -2.26. The standard InChI is InChI=1S/C23H30N2O4S/c1-16-5-12-22(17(2)15-16)30(27,28)25(20-8-10-21(29-4)11-9-20)14-13-23(26)24-18(3)19-6-7-19/h5,8-12,15,18-19H,6-7,13-14H2,1-4H3,(H,24,26)/t18-/m1/s1. The molecular formula is C23H30N2O4S. The lowest BCUT2D eigenvalue weighted by atomic mass is 10.2. The smallest absolute Gasteiger partial charge is 0.264 e. The van der Waals surface area contributed by atoms with Gasteiger partial charge >= 0.3 is 0 Å². The molecule has 1 N–H and O–H groups in total. The number of amides is 1. The first-order valence-corrected chi connectivity index (χ1v) is 11.7. The number of methoxy groups -OCH3 is 1. The van der Waals surface area contributed by atoms with Crippen LogP contribution in [0.25, 0.3) is 0 Å². The molecule has 0 unspecified atom stereocenters. The van der Waals surface area contributed by atoms with Gasteiger partial charge in [-0.25, -0.2) is 8.42 Å². The molecule has 3 rings (SSSR count). The summed E-state index contributed by atoms with van der Waals surface area (Å²) in [4.78, 5) is 12.7. The molecule has 1 fully saturated rings. The van der Waals surface area contributed by atoms with Crippen molar-refractivity contribution in [2.75, 3.05) is 18.0 Å². The number of hydrogen-bond acceptors (Lipinski definition) is 4. The fourth-order valence-corrected chi connectivity index (χ4v) is 5.26. The largest absolute Gasteiger partial charge is 0.497 e. The Balaban J connectivity index is 1.87. The number of nitrogens with zero attached hydrogens (tertiary/aromatic N) is 1. The Labute approximate surface area is 179 Å². The molecule has 7 heteroatoms. The molecule has 0 heterocycles. The highest BCUT2D eigenvalue weighted by Gasteiger charge is 2.30. The van der Waals surface area contributed by atoms with Crippen LogP contribution in [0.5, 0.6) is 5.75 Å². The molecule has 0 saturated heterocycles. The van der Waals surface area contributed by atoms with Crippen LogP contribution in [0.4, 0.5) is 5.69 Å². The van der Waals surface area contributed by atoms with Crippen molar-refractivity contribution in [3.05, 3.63) is 53.6 Å². The van der Waals surface area contributed by atoms with E-state index < -0.39 is 10.0 Å². The van der Waals surface area contributed by atoms with Crippen LogP contribution in [0, 0.1) is 19.8 Å². The van der Waals surface area contributed by atoms with Crippen molar-refractivity contribution in [3.63, 3.8) is 0 Å². The summed E-state index contributed by atoms with van der Waals surface area (Å²) in [5.74, 6) is 1.05. The van der Waals surface area contributed by atoms with E-state index >= 15 is 0 Å². The Morgan fingerprint density at radius 1 is 1.17 bits per heavy atom. The van der Waals surface area contributed by atoms with Crippen molar-refractivity contribution < 1.29 is 17.9 Å². The summed E-state index contributed by atoms with van der Waals surface area (Å²) in [5.41, 5.74) is 2.18. The normalized spacial score (nSPS) is 14.8. The maximum Gasteiger partial charge on any atom is 0.264 e. The number of aryl methyl sites for hydroxylation is 2. The van der Waals surface area contributed by atoms with Gasteiger partial charge in [0.05, 0.1) is 17.7 Å². The zero-order valence-electron chi connectivity index (χ0n) is 18.0. The maximum absolute atomic E-state index is 13.5. The Morgan fingerprint density at radius 2 is 1.83 bits per heavy atom. The zero-order valence-corrected chi connectivity index (χ0v) is 18.8. The van der Waals surface area contributed by atoms with Gasteiger partial charge in [-0.2, -0.15) is 0 Å². The van der Waals surface area contributed by atoms with Gasteiger partial charge in [0.15, 0.2) is 0 Å². The minimum Gasteiger partial charge on any atom is -0.497 e. The SMILES string of the molecule is COc1ccc(N(CCC(=O)N[C@H](C)C2CC2)S(=O)(=O)c2ccc(C)cc2C)cc1. The predicted octanol–water partition coefficient (Wildman–Crippen LogP) is 3.81. The van der Waals surface area contributed by atoms with Crippen molar-refractivity contribution in [3.8, 4) is 5.75 Å². The first kappa shape index (κ1) is 22.2. The van der Waals surface area contributed by atoms with Crippen molar-refractivity contribution in [2.24, 2.45) is 5.92 Å². The van der Waals surface area contributed by atoms with Gasteiger partial charge in [-0.1, -0.05) is 17.7 Å². The third kappa shape index (κ3) is 5.14. The number of anilines is 1. The van der Waals surface area contributed by atoms with Gasteiger partial charge in [-0.3, -0.25) is 9.10 Å². The molecule has 1 saturated carbocycles. The van der Waals surface area contributed by atoms with Crippen molar-refractivity contribution >= 4 is 21.6 Å². The van der Waals surface area contributed by atoms with Gasteiger partial charge in [0.25, 0.3) is 10.0 Å². The number of sulfonamides is 1. The van der Waals surface area contributed by atoms with Gasteiger partial charge in [0, 0.05) is 19.0 Å². The average molecular weight is 431 g/mol. The fourth-order valence-electron chi connectivity index (χ4n) is 3.59. The van der Waals surface area contributed by atoms with Crippen LogP contribution in [-0.2, 0) is 14.8 Å². The van der Waals surface area contributed by atoms with Crippen LogP contribution in [0.15, 0.2) is 47.4 Å². The van der Waals surface area contributed by atoms with E-state index in [1.54, 1.807) is 50.4 Å². The number of hydrogen-bond donors (Lipinski definition) is 1. The van der Waals surface area contributed by atoms with Crippen molar-refractivity contribution in [1.82, 2.24) is 5.32 Å². The summed E-state index contributed by atoms with van der Waals surface area (Å²) in [7, 11) is -2.28. The molecule has 0 radical (unpaired) electrons. The zero-order chi connectivity index (χ0) is 21.9. The molecule has 30 heavy (non-hydrogen) atoms. The molecule has 1 aliphatic carbocycles. The fraction of sp³-hybridized carbons (Fsp3) is 0.435.